The van der Waals surface area contributed by atoms with Crippen molar-refractivity contribution in [1.29, 1.82) is 0 Å². The Morgan fingerprint density at radius 1 is 1.25 bits per heavy atom. The molecule has 0 fully saturated rings. The van der Waals surface area contributed by atoms with Crippen LogP contribution in [-0.4, -0.2) is 10.1 Å². The Morgan fingerprint density at radius 3 is 2.65 bits per heavy atom. The summed E-state index contributed by atoms with van der Waals surface area (Å²) >= 11 is 1.57. The fraction of sp³-hybridized carbons (Fsp3) is 0.200. The molecular weight excluding hydrogens is 270 g/mol. The molecule has 0 aliphatic rings. The molecule has 102 valence electrons. The summed E-state index contributed by atoms with van der Waals surface area (Å²) in [5, 5.41) is 4.75. The molecule has 3 aromatic rings. The molecule has 2 heterocycles. The summed E-state index contributed by atoms with van der Waals surface area (Å²) in [7, 11) is 0. The van der Waals surface area contributed by atoms with Gasteiger partial charge in [-0.3, -0.25) is 0 Å². The first kappa shape index (κ1) is 12.9. The third-order valence-electron chi connectivity index (χ3n) is 3.13. The molecule has 0 radical (unpaired) electrons. The highest BCUT2D eigenvalue weighted by Gasteiger charge is 2.15. The van der Waals surface area contributed by atoms with E-state index < -0.39 is 0 Å². The maximum Gasteiger partial charge on any atom is 0.261 e. The monoisotopic (exact) mass is 285 g/mol. The van der Waals surface area contributed by atoms with Gasteiger partial charge in [0.2, 0.25) is 5.82 Å². The largest absolute Gasteiger partial charge is 0.390 e. The van der Waals surface area contributed by atoms with Crippen molar-refractivity contribution in [3.63, 3.8) is 0 Å². The zero-order valence-electron chi connectivity index (χ0n) is 11.4. The predicted molar refractivity (Wildman–Crippen MR) is 81.6 cm³/mol. The zero-order chi connectivity index (χ0) is 14.1. The summed E-state index contributed by atoms with van der Waals surface area (Å²) in [4.78, 5) is 5.65. The fourth-order valence-corrected chi connectivity index (χ4v) is 2.81. The smallest absolute Gasteiger partial charge is 0.261 e. The van der Waals surface area contributed by atoms with Crippen LogP contribution in [-0.2, 0) is 6.42 Å². The van der Waals surface area contributed by atoms with Crippen LogP contribution in [0.4, 0.5) is 5.00 Å². The molecule has 0 aliphatic carbocycles. The Labute approximate surface area is 121 Å². The molecule has 0 saturated carbocycles. The maximum atomic E-state index is 6.01. The molecule has 2 N–H and O–H groups in total. The van der Waals surface area contributed by atoms with Crippen LogP contribution in [0, 0.1) is 6.92 Å². The first-order chi connectivity index (χ1) is 9.67. The summed E-state index contributed by atoms with van der Waals surface area (Å²) in [6.07, 6.45) is 0.952. The van der Waals surface area contributed by atoms with Crippen LogP contribution < -0.4 is 5.73 Å². The standard InChI is InChI=1S/C15H15N3OS/c1-3-11-8-12(13(16)20-11)15-17-14(18-19-15)10-6-4-9(2)5-7-10/h4-8H,3,16H2,1-2H3. The maximum absolute atomic E-state index is 6.01. The van der Waals surface area contributed by atoms with Crippen molar-refractivity contribution in [2.45, 2.75) is 20.3 Å². The Balaban J connectivity index is 1.97. The first-order valence-corrected chi connectivity index (χ1v) is 7.28. The lowest BCUT2D eigenvalue weighted by Crippen LogP contribution is -1.84. The van der Waals surface area contributed by atoms with Crippen LogP contribution in [0.2, 0.25) is 0 Å². The minimum Gasteiger partial charge on any atom is -0.390 e. The summed E-state index contributed by atoms with van der Waals surface area (Å²) < 4.78 is 5.34. The number of benzene rings is 1. The number of rotatable bonds is 3. The third-order valence-corrected chi connectivity index (χ3v) is 4.24. The van der Waals surface area contributed by atoms with E-state index in [9.17, 15) is 0 Å². The minimum absolute atomic E-state index is 0.481. The number of hydrogen-bond donors (Lipinski definition) is 1. The second kappa shape index (κ2) is 5.09. The number of anilines is 1. The van der Waals surface area contributed by atoms with Crippen LogP contribution in [0.3, 0.4) is 0 Å². The van der Waals surface area contributed by atoms with Gasteiger partial charge in [-0.05, 0) is 19.4 Å². The summed E-state index contributed by atoms with van der Waals surface area (Å²) in [5.74, 6) is 1.07. The van der Waals surface area contributed by atoms with E-state index in [1.807, 2.05) is 37.3 Å². The summed E-state index contributed by atoms with van der Waals surface area (Å²) in [5.41, 5.74) is 8.98. The van der Waals surface area contributed by atoms with Crippen molar-refractivity contribution in [2.75, 3.05) is 5.73 Å². The molecule has 0 amide bonds. The van der Waals surface area contributed by atoms with Gasteiger partial charge in [-0.2, -0.15) is 4.98 Å². The molecule has 0 spiro atoms. The van der Waals surface area contributed by atoms with E-state index in [0.29, 0.717) is 11.7 Å². The number of aryl methyl sites for hydroxylation is 2. The number of aromatic nitrogens is 2. The van der Waals surface area contributed by atoms with Gasteiger partial charge in [-0.15, -0.1) is 11.3 Å². The van der Waals surface area contributed by atoms with Crippen molar-refractivity contribution < 1.29 is 4.52 Å². The minimum atomic E-state index is 0.481. The van der Waals surface area contributed by atoms with Crippen LogP contribution >= 0.6 is 11.3 Å². The first-order valence-electron chi connectivity index (χ1n) is 6.46. The van der Waals surface area contributed by atoms with Crippen molar-refractivity contribution in [3.8, 4) is 22.8 Å². The van der Waals surface area contributed by atoms with E-state index in [4.69, 9.17) is 10.3 Å². The Bertz CT molecular complexity index is 728. The Kier molecular flexibility index (Phi) is 3.28. The number of nitrogens with zero attached hydrogens (tertiary/aromatic N) is 2. The van der Waals surface area contributed by atoms with Crippen molar-refractivity contribution >= 4 is 16.3 Å². The molecule has 20 heavy (non-hydrogen) atoms. The van der Waals surface area contributed by atoms with Gasteiger partial charge in [0.25, 0.3) is 5.89 Å². The van der Waals surface area contributed by atoms with E-state index in [2.05, 4.69) is 17.1 Å². The van der Waals surface area contributed by atoms with E-state index in [1.54, 1.807) is 11.3 Å². The molecule has 3 rings (SSSR count). The average Bonchev–Trinajstić information content (AvgIpc) is 3.06. The van der Waals surface area contributed by atoms with E-state index in [1.165, 1.54) is 10.4 Å². The van der Waals surface area contributed by atoms with Crippen LogP contribution in [0.5, 0.6) is 0 Å². The zero-order valence-corrected chi connectivity index (χ0v) is 12.2. The van der Waals surface area contributed by atoms with Gasteiger partial charge in [-0.25, -0.2) is 0 Å². The third kappa shape index (κ3) is 2.32. The highest BCUT2D eigenvalue weighted by atomic mass is 32.1. The van der Waals surface area contributed by atoms with Gasteiger partial charge in [0, 0.05) is 10.4 Å². The van der Waals surface area contributed by atoms with Crippen LogP contribution in [0.25, 0.3) is 22.8 Å². The second-order valence-electron chi connectivity index (χ2n) is 4.63. The van der Waals surface area contributed by atoms with Crippen molar-refractivity contribution in [3.05, 3.63) is 40.8 Å². The molecule has 0 bridgehead atoms. The highest BCUT2D eigenvalue weighted by Crippen LogP contribution is 2.34. The van der Waals surface area contributed by atoms with Gasteiger partial charge in [0.1, 0.15) is 0 Å². The predicted octanol–water partition coefficient (Wildman–Crippen LogP) is 3.92. The summed E-state index contributed by atoms with van der Waals surface area (Å²) in [6, 6.07) is 10.0. The number of nitrogen functional groups attached to an aromatic ring is 1. The number of thiophene rings is 1. The van der Waals surface area contributed by atoms with Gasteiger partial charge in [0.05, 0.1) is 10.6 Å². The molecule has 1 aromatic carbocycles. The molecule has 2 aromatic heterocycles. The number of nitrogens with two attached hydrogens (primary N) is 1. The van der Waals surface area contributed by atoms with E-state index >= 15 is 0 Å². The molecule has 0 unspecified atom stereocenters. The molecule has 4 nitrogen and oxygen atoms in total. The van der Waals surface area contributed by atoms with Gasteiger partial charge in [-0.1, -0.05) is 41.9 Å². The highest BCUT2D eigenvalue weighted by molar-refractivity contribution is 7.16. The Hall–Kier alpha value is -2.14. The van der Waals surface area contributed by atoms with Gasteiger partial charge in [0.15, 0.2) is 0 Å². The Morgan fingerprint density at radius 2 is 2.00 bits per heavy atom. The topological polar surface area (TPSA) is 64.9 Å². The fourth-order valence-electron chi connectivity index (χ4n) is 1.95. The lowest BCUT2D eigenvalue weighted by molar-refractivity contribution is 0.432. The lowest BCUT2D eigenvalue weighted by Gasteiger charge is -1.94. The molecule has 0 saturated heterocycles. The van der Waals surface area contributed by atoms with Crippen LogP contribution in [0.15, 0.2) is 34.9 Å². The molecular formula is C15H15N3OS. The van der Waals surface area contributed by atoms with Crippen molar-refractivity contribution in [1.82, 2.24) is 10.1 Å². The quantitative estimate of drug-likeness (QED) is 0.792. The summed E-state index contributed by atoms with van der Waals surface area (Å²) in [6.45, 7) is 4.14. The van der Waals surface area contributed by atoms with Gasteiger partial charge >= 0.3 is 0 Å². The SMILES string of the molecule is CCc1cc(-c2nc(-c3ccc(C)cc3)no2)c(N)s1. The second-order valence-corrected chi connectivity index (χ2v) is 5.80. The molecule has 5 heteroatoms. The van der Waals surface area contributed by atoms with E-state index in [0.717, 1.165) is 22.5 Å². The number of hydrogen-bond acceptors (Lipinski definition) is 5. The average molecular weight is 285 g/mol. The molecule has 0 atom stereocenters. The lowest BCUT2D eigenvalue weighted by atomic mass is 10.1. The normalized spacial score (nSPS) is 10.9. The van der Waals surface area contributed by atoms with Crippen molar-refractivity contribution in [2.24, 2.45) is 0 Å². The molecule has 0 aliphatic heterocycles. The van der Waals surface area contributed by atoms with E-state index in [-0.39, 0.29) is 0 Å². The van der Waals surface area contributed by atoms with Crippen LogP contribution in [0.1, 0.15) is 17.4 Å². The van der Waals surface area contributed by atoms with Gasteiger partial charge < -0.3 is 10.3 Å².